The standard InChI is InChI=1S/C15H13ClF3N3O/c16-13-11-6-7-21(9-15(17,18)19)14(23)12(11)20-22(13)8-10-4-2-1-3-5-10/h1-5H,6-9H2. The number of hydrogen-bond donors (Lipinski definition) is 0. The summed E-state index contributed by atoms with van der Waals surface area (Å²) in [6, 6.07) is 9.37. The zero-order valence-corrected chi connectivity index (χ0v) is 12.7. The average Bonchev–Trinajstić information content (AvgIpc) is 2.80. The van der Waals surface area contributed by atoms with Gasteiger partial charge in [0.05, 0.1) is 6.54 Å². The fourth-order valence-corrected chi connectivity index (χ4v) is 2.88. The van der Waals surface area contributed by atoms with E-state index in [4.69, 9.17) is 11.6 Å². The maximum Gasteiger partial charge on any atom is 0.406 e. The van der Waals surface area contributed by atoms with Crippen molar-refractivity contribution in [1.29, 1.82) is 0 Å². The second-order valence-electron chi connectivity index (χ2n) is 5.35. The van der Waals surface area contributed by atoms with Gasteiger partial charge < -0.3 is 4.90 Å². The Bertz CT molecular complexity index is 728. The Hall–Kier alpha value is -2.02. The molecule has 0 N–H and O–H groups in total. The van der Waals surface area contributed by atoms with Crippen LogP contribution in [0.15, 0.2) is 30.3 Å². The number of hydrogen-bond acceptors (Lipinski definition) is 2. The van der Waals surface area contributed by atoms with E-state index in [-0.39, 0.29) is 18.7 Å². The minimum absolute atomic E-state index is 0.0118. The highest BCUT2D eigenvalue weighted by atomic mass is 35.5. The Morgan fingerprint density at radius 2 is 1.91 bits per heavy atom. The Morgan fingerprint density at radius 3 is 2.57 bits per heavy atom. The number of rotatable bonds is 3. The summed E-state index contributed by atoms with van der Waals surface area (Å²) in [6.07, 6.45) is -4.16. The second-order valence-corrected chi connectivity index (χ2v) is 5.71. The lowest BCUT2D eigenvalue weighted by Crippen LogP contribution is -2.43. The van der Waals surface area contributed by atoms with Crippen LogP contribution in [-0.2, 0) is 13.0 Å². The van der Waals surface area contributed by atoms with Gasteiger partial charge in [0.25, 0.3) is 5.91 Å². The number of amides is 1. The van der Waals surface area contributed by atoms with E-state index in [0.29, 0.717) is 17.3 Å². The Balaban J connectivity index is 1.86. The van der Waals surface area contributed by atoms with Crippen LogP contribution in [0, 0.1) is 0 Å². The number of carbonyl (C=O) groups is 1. The molecular weight excluding hydrogens is 331 g/mol. The first kappa shape index (κ1) is 15.9. The molecule has 23 heavy (non-hydrogen) atoms. The molecule has 1 amide bonds. The van der Waals surface area contributed by atoms with Gasteiger partial charge in [-0.05, 0) is 12.0 Å². The van der Waals surface area contributed by atoms with Crippen LogP contribution in [0.3, 0.4) is 0 Å². The molecule has 1 aromatic heterocycles. The number of carbonyl (C=O) groups excluding carboxylic acids is 1. The molecule has 4 nitrogen and oxygen atoms in total. The lowest BCUT2D eigenvalue weighted by Gasteiger charge is -2.26. The van der Waals surface area contributed by atoms with Crippen molar-refractivity contribution >= 4 is 17.5 Å². The summed E-state index contributed by atoms with van der Waals surface area (Å²) in [5, 5.41) is 4.44. The first-order valence-electron chi connectivity index (χ1n) is 7.00. The zero-order valence-electron chi connectivity index (χ0n) is 12.0. The highest BCUT2D eigenvalue weighted by molar-refractivity contribution is 6.31. The number of alkyl halides is 3. The van der Waals surface area contributed by atoms with E-state index < -0.39 is 18.6 Å². The molecule has 8 heteroatoms. The molecule has 2 heterocycles. The zero-order chi connectivity index (χ0) is 16.6. The number of fused-ring (bicyclic) bond motifs is 1. The summed E-state index contributed by atoms with van der Waals surface area (Å²) in [5.41, 5.74) is 1.47. The molecule has 0 fully saturated rings. The largest absolute Gasteiger partial charge is 0.406 e. The van der Waals surface area contributed by atoms with E-state index in [1.807, 2.05) is 30.3 Å². The number of nitrogens with zero attached hydrogens (tertiary/aromatic N) is 3. The van der Waals surface area contributed by atoms with Crippen molar-refractivity contribution < 1.29 is 18.0 Å². The first-order valence-corrected chi connectivity index (χ1v) is 7.38. The lowest BCUT2D eigenvalue weighted by molar-refractivity contribution is -0.141. The molecular formula is C15H13ClF3N3O. The van der Waals surface area contributed by atoms with Crippen molar-refractivity contribution in [2.24, 2.45) is 0 Å². The SMILES string of the molecule is O=C1c2nn(Cc3ccccc3)c(Cl)c2CCN1CC(F)(F)F. The fourth-order valence-electron chi connectivity index (χ4n) is 2.60. The number of benzene rings is 1. The Morgan fingerprint density at radius 1 is 1.22 bits per heavy atom. The molecule has 1 aliphatic heterocycles. The lowest BCUT2D eigenvalue weighted by atomic mass is 10.1. The van der Waals surface area contributed by atoms with Crippen molar-refractivity contribution in [3.63, 3.8) is 0 Å². The number of aromatic nitrogens is 2. The molecule has 122 valence electrons. The van der Waals surface area contributed by atoms with E-state index in [1.165, 1.54) is 4.68 Å². The quantitative estimate of drug-likeness (QED) is 0.858. The summed E-state index contributed by atoms with van der Waals surface area (Å²) < 4.78 is 39.0. The molecule has 0 saturated heterocycles. The van der Waals surface area contributed by atoms with Gasteiger partial charge in [-0.25, -0.2) is 4.68 Å². The average molecular weight is 344 g/mol. The van der Waals surface area contributed by atoms with Gasteiger partial charge in [-0.2, -0.15) is 18.3 Å². The van der Waals surface area contributed by atoms with E-state index in [2.05, 4.69) is 5.10 Å². The van der Waals surface area contributed by atoms with Crippen molar-refractivity contribution in [3.8, 4) is 0 Å². The summed E-state index contributed by atoms with van der Waals surface area (Å²) in [4.78, 5) is 13.0. The summed E-state index contributed by atoms with van der Waals surface area (Å²) >= 11 is 6.25. The first-order chi connectivity index (χ1) is 10.8. The van der Waals surface area contributed by atoms with Crippen LogP contribution in [0.5, 0.6) is 0 Å². The Labute approximate surface area is 135 Å². The van der Waals surface area contributed by atoms with Crippen LogP contribution in [0.4, 0.5) is 13.2 Å². The molecule has 0 radical (unpaired) electrons. The summed E-state index contributed by atoms with van der Waals surface area (Å²) in [5.74, 6) is -0.725. The van der Waals surface area contributed by atoms with Crippen molar-refractivity contribution in [2.75, 3.05) is 13.1 Å². The van der Waals surface area contributed by atoms with Crippen molar-refractivity contribution in [3.05, 3.63) is 52.3 Å². The van der Waals surface area contributed by atoms with Crippen LogP contribution in [0.2, 0.25) is 5.15 Å². The van der Waals surface area contributed by atoms with Gasteiger partial charge in [-0.3, -0.25) is 4.79 Å². The molecule has 3 rings (SSSR count). The van der Waals surface area contributed by atoms with Crippen molar-refractivity contribution in [1.82, 2.24) is 14.7 Å². The van der Waals surface area contributed by atoms with Crippen LogP contribution in [0.25, 0.3) is 0 Å². The molecule has 2 aromatic rings. The Kier molecular flexibility index (Phi) is 4.06. The van der Waals surface area contributed by atoms with E-state index >= 15 is 0 Å². The molecule has 1 aromatic carbocycles. The highest BCUT2D eigenvalue weighted by Gasteiger charge is 2.38. The van der Waals surface area contributed by atoms with Crippen LogP contribution in [-0.4, -0.2) is 39.9 Å². The van der Waals surface area contributed by atoms with Crippen LogP contribution < -0.4 is 0 Å². The summed E-state index contributed by atoms with van der Waals surface area (Å²) in [7, 11) is 0. The maximum absolute atomic E-state index is 12.5. The summed E-state index contributed by atoms with van der Waals surface area (Å²) in [6.45, 7) is -0.921. The van der Waals surface area contributed by atoms with Gasteiger partial charge in [-0.15, -0.1) is 0 Å². The molecule has 0 bridgehead atoms. The minimum Gasteiger partial charge on any atom is -0.328 e. The van der Waals surface area contributed by atoms with E-state index in [0.717, 1.165) is 10.5 Å². The van der Waals surface area contributed by atoms with Gasteiger partial charge in [-0.1, -0.05) is 41.9 Å². The normalized spacial score (nSPS) is 15.0. The molecule has 0 atom stereocenters. The second kappa shape index (κ2) is 5.88. The highest BCUT2D eigenvalue weighted by Crippen LogP contribution is 2.28. The predicted molar refractivity (Wildman–Crippen MR) is 78.4 cm³/mol. The van der Waals surface area contributed by atoms with Gasteiger partial charge in [0.2, 0.25) is 0 Å². The molecule has 0 saturated carbocycles. The van der Waals surface area contributed by atoms with Crippen LogP contribution in [0.1, 0.15) is 21.6 Å². The molecule has 0 aliphatic carbocycles. The maximum atomic E-state index is 12.5. The smallest absolute Gasteiger partial charge is 0.328 e. The molecule has 0 unspecified atom stereocenters. The van der Waals surface area contributed by atoms with Gasteiger partial charge in [0.1, 0.15) is 11.7 Å². The topological polar surface area (TPSA) is 38.1 Å². The van der Waals surface area contributed by atoms with Gasteiger partial charge >= 0.3 is 6.18 Å². The third-order valence-electron chi connectivity index (χ3n) is 3.65. The monoisotopic (exact) mass is 343 g/mol. The molecule has 0 spiro atoms. The van der Waals surface area contributed by atoms with Crippen molar-refractivity contribution in [2.45, 2.75) is 19.1 Å². The van der Waals surface area contributed by atoms with E-state index in [9.17, 15) is 18.0 Å². The van der Waals surface area contributed by atoms with Gasteiger partial charge in [0.15, 0.2) is 5.69 Å². The van der Waals surface area contributed by atoms with E-state index in [1.54, 1.807) is 0 Å². The third-order valence-corrected chi connectivity index (χ3v) is 4.07. The van der Waals surface area contributed by atoms with Crippen LogP contribution >= 0.6 is 11.6 Å². The number of halogens is 4. The predicted octanol–water partition coefficient (Wildman–Crippen LogP) is 3.15. The minimum atomic E-state index is -4.43. The van der Waals surface area contributed by atoms with Gasteiger partial charge in [0, 0.05) is 12.1 Å². The third kappa shape index (κ3) is 3.34. The fraction of sp³-hybridized carbons (Fsp3) is 0.333. The molecule has 1 aliphatic rings.